The van der Waals surface area contributed by atoms with Gasteiger partial charge in [-0.1, -0.05) is 6.42 Å². The number of hydrogen-bond acceptors (Lipinski definition) is 6. The van der Waals surface area contributed by atoms with Crippen molar-refractivity contribution in [1.29, 1.82) is 0 Å². The van der Waals surface area contributed by atoms with Gasteiger partial charge in [-0.2, -0.15) is 0 Å². The zero-order valence-corrected chi connectivity index (χ0v) is 20.5. The zero-order chi connectivity index (χ0) is 23.9. The highest BCUT2D eigenvalue weighted by atomic mass is 16.5. The van der Waals surface area contributed by atoms with E-state index in [1.54, 1.807) is 21.3 Å². The van der Waals surface area contributed by atoms with Gasteiger partial charge in [0.1, 0.15) is 11.5 Å². The van der Waals surface area contributed by atoms with Gasteiger partial charge in [0.05, 0.1) is 27.9 Å². The standard InChI is InChI=1S/C27H36N2O5/c1-31-22-8-10-23(11-9-22)34-14-6-13-28-12-5-4-7-20(17-28)18-29-19-21-15-25(32-2)26(33-3)16-24(21)27(29)30/h8-11,15-16,20H,4-7,12-14,17-19H2,1-3H3. The molecule has 7 nitrogen and oxygen atoms in total. The predicted molar refractivity (Wildman–Crippen MR) is 131 cm³/mol. The van der Waals surface area contributed by atoms with Gasteiger partial charge in [0, 0.05) is 31.7 Å². The van der Waals surface area contributed by atoms with Gasteiger partial charge in [0.2, 0.25) is 0 Å². The van der Waals surface area contributed by atoms with Gasteiger partial charge in [-0.25, -0.2) is 0 Å². The molecule has 0 radical (unpaired) electrons. The highest BCUT2D eigenvalue weighted by molar-refractivity contribution is 5.99. The van der Waals surface area contributed by atoms with Crippen LogP contribution in [0.15, 0.2) is 36.4 Å². The molecule has 0 spiro atoms. The van der Waals surface area contributed by atoms with Crippen LogP contribution in [0.3, 0.4) is 0 Å². The van der Waals surface area contributed by atoms with Crippen molar-refractivity contribution in [2.75, 3.05) is 54.1 Å². The van der Waals surface area contributed by atoms with Crippen molar-refractivity contribution in [3.05, 3.63) is 47.5 Å². The molecular weight excluding hydrogens is 432 g/mol. The van der Waals surface area contributed by atoms with Gasteiger partial charge in [0.15, 0.2) is 11.5 Å². The number of ether oxygens (including phenoxy) is 4. The lowest BCUT2D eigenvalue weighted by atomic mass is 10.0. The fraction of sp³-hybridized carbons (Fsp3) is 0.519. The Morgan fingerprint density at radius 3 is 2.41 bits per heavy atom. The van der Waals surface area contributed by atoms with Crippen LogP contribution in [0.25, 0.3) is 0 Å². The number of nitrogens with zero attached hydrogens (tertiary/aromatic N) is 2. The van der Waals surface area contributed by atoms with Crippen LogP contribution in [0.2, 0.25) is 0 Å². The Morgan fingerprint density at radius 1 is 0.941 bits per heavy atom. The van der Waals surface area contributed by atoms with Crippen LogP contribution >= 0.6 is 0 Å². The molecule has 1 fully saturated rings. The molecular formula is C27H36N2O5. The van der Waals surface area contributed by atoms with Crippen molar-refractivity contribution < 1.29 is 23.7 Å². The van der Waals surface area contributed by atoms with Gasteiger partial charge in [-0.3, -0.25) is 4.79 Å². The first-order chi connectivity index (χ1) is 16.6. The van der Waals surface area contributed by atoms with Crippen LogP contribution in [-0.4, -0.2) is 69.8 Å². The second kappa shape index (κ2) is 11.5. The van der Waals surface area contributed by atoms with Gasteiger partial charge in [0.25, 0.3) is 5.91 Å². The number of fused-ring (bicyclic) bond motifs is 1. The lowest BCUT2D eigenvalue weighted by Crippen LogP contribution is -2.36. The number of benzene rings is 2. The van der Waals surface area contributed by atoms with E-state index in [9.17, 15) is 4.79 Å². The summed E-state index contributed by atoms with van der Waals surface area (Å²) in [4.78, 5) is 17.6. The second-order valence-electron chi connectivity index (χ2n) is 9.09. The molecule has 0 aliphatic carbocycles. The molecule has 2 aromatic rings. The molecule has 0 bridgehead atoms. The maximum absolute atomic E-state index is 13.1. The Kier molecular flexibility index (Phi) is 8.16. The molecule has 34 heavy (non-hydrogen) atoms. The molecule has 7 heteroatoms. The van der Waals surface area contributed by atoms with E-state index in [4.69, 9.17) is 18.9 Å². The number of rotatable bonds is 10. The first-order valence-corrected chi connectivity index (χ1v) is 12.1. The van der Waals surface area contributed by atoms with Crippen molar-refractivity contribution in [2.24, 2.45) is 5.92 Å². The van der Waals surface area contributed by atoms with Crippen molar-refractivity contribution in [3.8, 4) is 23.0 Å². The highest BCUT2D eigenvalue weighted by Crippen LogP contribution is 2.35. The smallest absolute Gasteiger partial charge is 0.254 e. The van der Waals surface area contributed by atoms with E-state index < -0.39 is 0 Å². The quantitative estimate of drug-likeness (QED) is 0.486. The average molecular weight is 469 g/mol. The van der Waals surface area contributed by atoms with Crippen LogP contribution in [0.5, 0.6) is 23.0 Å². The number of amides is 1. The minimum atomic E-state index is 0.0969. The SMILES string of the molecule is COc1ccc(OCCCN2CCCCC(CN3Cc4cc(OC)c(OC)cc4C3=O)C2)cc1. The van der Waals surface area contributed by atoms with Crippen molar-refractivity contribution in [3.63, 3.8) is 0 Å². The van der Waals surface area contributed by atoms with Gasteiger partial charge in [-0.15, -0.1) is 0 Å². The van der Waals surface area contributed by atoms with Crippen molar-refractivity contribution in [1.82, 2.24) is 9.80 Å². The van der Waals surface area contributed by atoms with E-state index in [1.165, 1.54) is 12.8 Å². The minimum absolute atomic E-state index is 0.0969. The molecule has 1 atom stereocenters. The first-order valence-electron chi connectivity index (χ1n) is 12.1. The van der Waals surface area contributed by atoms with Crippen LogP contribution in [0.4, 0.5) is 0 Å². The summed E-state index contributed by atoms with van der Waals surface area (Å²) in [5, 5.41) is 0. The van der Waals surface area contributed by atoms with Crippen LogP contribution in [0.1, 0.15) is 41.6 Å². The molecule has 2 aromatic carbocycles. The maximum atomic E-state index is 13.1. The Morgan fingerprint density at radius 2 is 1.68 bits per heavy atom. The third-order valence-corrected chi connectivity index (χ3v) is 6.77. The molecule has 0 N–H and O–H groups in total. The summed E-state index contributed by atoms with van der Waals surface area (Å²) in [6, 6.07) is 11.5. The van der Waals surface area contributed by atoms with Gasteiger partial charge < -0.3 is 28.7 Å². The van der Waals surface area contributed by atoms with Crippen LogP contribution in [0, 0.1) is 5.92 Å². The largest absolute Gasteiger partial charge is 0.497 e. The van der Waals surface area contributed by atoms with E-state index >= 15 is 0 Å². The molecule has 4 rings (SSSR count). The summed E-state index contributed by atoms with van der Waals surface area (Å²) >= 11 is 0. The van der Waals surface area contributed by atoms with E-state index in [1.807, 2.05) is 41.3 Å². The van der Waals surface area contributed by atoms with Crippen molar-refractivity contribution >= 4 is 5.91 Å². The summed E-state index contributed by atoms with van der Waals surface area (Å²) in [6.07, 6.45) is 4.55. The normalized spacial score (nSPS) is 18.4. The Hall–Kier alpha value is -2.93. The molecule has 1 unspecified atom stereocenters. The molecule has 1 amide bonds. The third-order valence-electron chi connectivity index (χ3n) is 6.77. The molecule has 2 aliphatic heterocycles. The topological polar surface area (TPSA) is 60.5 Å². The number of likely N-dealkylation sites (tertiary alicyclic amines) is 1. The fourth-order valence-electron chi connectivity index (χ4n) is 4.98. The van der Waals surface area contributed by atoms with E-state index in [2.05, 4.69) is 4.90 Å². The van der Waals surface area contributed by atoms with Crippen LogP contribution in [-0.2, 0) is 6.54 Å². The molecule has 184 valence electrons. The lowest BCUT2D eigenvalue weighted by Gasteiger charge is -2.27. The zero-order valence-electron chi connectivity index (χ0n) is 20.5. The van der Waals surface area contributed by atoms with Gasteiger partial charge in [-0.05, 0) is 73.7 Å². The summed E-state index contributed by atoms with van der Waals surface area (Å²) in [7, 11) is 4.89. The second-order valence-corrected chi connectivity index (χ2v) is 9.09. The monoisotopic (exact) mass is 468 g/mol. The summed E-state index contributed by atoms with van der Waals surface area (Å²) < 4.78 is 21.9. The van der Waals surface area contributed by atoms with E-state index in [0.717, 1.165) is 61.6 Å². The number of hydrogen-bond donors (Lipinski definition) is 0. The molecule has 2 aliphatic rings. The highest BCUT2D eigenvalue weighted by Gasteiger charge is 2.31. The first kappa shape index (κ1) is 24.2. The van der Waals surface area contributed by atoms with E-state index in [0.29, 0.717) is 30.6 Å². The number of carbonyl (C=O) groups excluding carboxylic acids is 1. The maximum Gasteiger partial charge on any atom is 0.254 e. The number of carbonyl (C=O) groups is 1. The average Bonchev–Trinajstić information content (AvgIpc) is 3.01. The minimum Gasteiger partial charge on any atom is -0.497 e. The van der Waals surface area contributed by atoms with Crippen LogP contribution < -0.4 is 18.9 Å². The molecule has 0 saturated carbocycles. The summed E-state index contributed by atoms with van der Waals surface area (Å²) in [6.45, 7) is 5.26. The number of methoxy groups -OCH3 is 3. The molecule has 1 saturated heterocycles. The fourth-order valence-corrected chi connectivity index (χ4v) is 4.98. The van der Waals surface area contributed by atoms with Crippen molar-refractivity contribution in [2.45, 2.75) is 32.2 Å². The Bertz CT molecular complexity index is 962. The predicted octanol–water partition coefficient (Wildman–Crippen LogP) is 4.24. The Labute approximate surface area is 202 Å². The Balaban J connectivity index is 1.27. The summed E-state index contributed by atoms with van der Waals surface area (Å²) in [5.41, 5.74) is 1.75. The lowest BCUT2D eigenvalue weighted by molar-refractivity contribution is 0.0735. The summed E-state index contributed by atoms with van der Waals surface area (Å²) in [5.74, 6) is 3.56. The van der Waals surface area contributed by atoms with Gasteiger partial charge >= 0.3 is 0 Å². The third kappa shape index (κ3) is 5.76. The molecule has 2 heterocycles. The van der Waals surface area contributed by atoms with E-state index in [-0.39, 0.29) is 5.91 Å². The molecule has 0 aromatic heterocycles.